The Bertz CT molecular complexity index is 446. The molecule has 3 heteroatoms. The van der Waals surface area contributed by atoms with E-state index in [1.165, 1.54) is 5.56 Å². The van der Waals surface area contributed by atoms with Crippen LogP contribution in [-0.2, 0) is 6.54 Å². The van der Waals surface area contributed by atoms with Crippen LogP contribution in [0.15, 0.2) is 30.6 Å². The average molecular weight is 201 g/mol. The molecule has 1 aromatic carbocycles. The molecule has 0 aliphatic heterocycles. The Morgan fingerprint density at radius 1 is 1.27 bits per heavy atom. The van der Waals surface area contributed by atoms with Gasteiger partial charge in [-0.2, -0.15) is 5.10 Å². The molecule has 15 heavy (non-hydrogen) atoms. The summed E-state index contributed by atoms with van der Waals surface area (Å²) < 4.78 is 1.89. The lowest BCUT2D eigenvalue weighted by molar-refractivity contribution is 0.602. The quantitative estimate of drug-likeness (QED) is 0.764. The number of aryl methyl sites for hydroxylation is 2. The highest BCUT2D eigenvalue weighted by atomic mass is 15.3. The lowest BCUT2D eigenvalue weighted by Gasteiger charge is -1.99. The highest BCUT2D eigenvalue weighted by Crippen LogP contribution is 2.18. The molecule has 2 aromatic rings. The van der Waals surface area contributed by atoms with Gasteiger partial charge in [0.2, 0.25) is 0 Å². The average Bonchev–Trinajstić information content (AvgIpc) is 2.68. The second-order valence-corrected chi connectivity index (χ2v) is 3.65. The molecule has 0 fully saturated rings. The predicted octanol–water partition coefficient (Wildman–Crippen LogP) is 2.66. The van der Waals surface area contributed by atoms with Gasteiger partial charge in [-0.3, -0.25) is 4.68 Å². The van der Waals surface area contributed by atoms with Crippen LogP contribution in [0.1, 0.15) is 18.9 Å². The van der Waals surface area contributed by atoms with E-state index in [-0.39, 0.29) is 0 Å². The molecular formula is C12H15N3. The normalized spacial score (nSPS) is 10.5. The van der Waals surface area contributed by atoms with Crippen molar-refractivity contribution in [3.8, 4) is 11.4 Å². The Hall–Kier alpha value is -1.64. The van der Waals surface area contributed by atoms with E-state index < -0.39 is 0 Å². The Balaban J connectivity index is 2.33. The maximum atomic E-state index is 4.44. The first-order chi connectivity index (χ1) is 7.31. The molecule has 78 valence electrons. The van der Waals surface area contributed by atoms with Crippen molar-refractivity contribution in [2.75, 3.05) is 0 Å². The van der Waals surface area contributed by atoms with Crippen LogP contribution in [0.5, 0.6) is 0 Å². The van der Waals surface area contributed by atoms with E-state index in [2.05, 4.69) is 36.1 Å². The minimum absolute atomic E-state index is 0.821. The van der Waals surface area contributed by atoms with Crippen LogP contribution >= 0.6 is 0 Å². The van der Waals surface area contributed by atoms with Crippen molar-refractivity contribution in [3.05, 3.63) is 36.2 Å². The summed E-state index contributed by atoms with van der Waals surface area (Å²) in [4.78, 5) is 4.32. The maximum Gasteiger partial charge on any atom is 0.181 e. The minimum atomic E-state index is 0.821. The van der Waals surface area contributed by atoms with Crippen molar-refractivity contribution in [3.63, 3.8) is 0 Å². The molecule has 0 spiro atoms. The smallest absolute Gasteiger partial charge is 0.181 e. The van der Waals surface area contributed by atoms with Crippen LogP contribution in [0, 0.1) is 6.92 Å². The molecular weight excluding hydrogens is 186 g/mol. The van der Waals surface area contributed by atoms with Gasteiger partial charge in [-0.05, 0) is 18.9 Å². The fourth-order valence-corrected chi connectivity index (χ4v) is 1.58. The molecule has 0 saturated heterocycles. The van der Waals surface area contributed by atoms with Gasteiger partial charge in [-0.25, -0.2) is 4.98 Å². The van der Waals surface area contributed by atoms with Gasteiger partial charge in [-0.15, -0.1) is 0 Å². The monoisotopic (exact) mass is 201 g/mol. The van der Waals surface area contributed by atoms with Gasteiger partial charge in [0, 0.05) is 12.1 Å². The van der Waals surface area contributed by atoms with Crippen molar-refractivity contribution in [1.29, 1.82) is 0 Å². The fourth-order valence-electron chi connectivity index (χ4n) is 1.58. The van der Waals surface area contributed by atoms with Crippen LogP contribution < -0.4 is 0 Å². The molecule has 3 nitrogen and oxygen atoms in total. The van der Waals surface area contributed by atoms with E-state index >= 15 is 0 Å². The van der Waals surface area contributed by atoms with Crippen molar-refractivity contribution in [2.24, 2.45) is 0 Å². The van der Waals surface area contributed by atoms with Crippen LogP contribution in [0.25, 0.3) is 11.4 Å². The van der Waals surface area contributed by atoms with Crippen LogP contribution in [0.3, 0.4) is 0 Å². The third kappa shape index (κ3) is 2.06. The number of nitrogens with zero attached hydrogens (tertiary/aromatic N) is 3. The molecule has 2 rings (SSSR count). The van der Waals surface area contributed by atoms with E-state index in [9.17, 15) is 0 Å². The van der Waals surface area contributed by atoms with E-state index in [1.54, 1.807) is 6.33 Å². The highest BCUT2D eigenvalue weighted by Gasteiger charge is 2.05. The zero-order valence-corrected chi connectivity index (χ0v) is 9.14. The maximum absolute atomic E-state index is 4.44. The standard InChI is InChI=1S/C12H15N3/c1-3-8-15-9-13-12(14-15)11-7-5-4-6-10(11)2/h4-7,9H,3,8H2,1-2H3. The van der Waals surface area contributed by atoms with Gasteiger partial charge in [0.25, 0.3) is 0 Å². The first-order valence-electron chi connectivity index (χ1n) is 5.26. The van der Waals surface area contributed by atoms with Gasteiger partial charge in [0.15, 0.2) is 5.82 Å². The molecule has 0 aliphatic rings. The molecule has 0 saturated carbocycles. The van der Waals surface area contributed by atoms with E-state index in [4.69, 9.17) is 0 Å². The number of hydrogen-bond acceptors (Lipinski definition) is 2. The van der Waals surface area contributed by atoms with E-state index in [0.717, 1.165) is 24.4 Å². The van der Waals surface area contributed by atoms with Crippen molar-refractivity contribution < 1.29 is 0 Å². The van der Waals surface area contributed by atoms with Gasteiger partial charge in [-0.1, -0.05) is 31.2 Å². The first-order valence-corrected chi connectivity index (χ1v) is 5.26. The minimum Gasteiger partial charge on any atom is -0.252 e. The van der Waals surface area contributed by atoms with E-state index in [0.29, 0.717) is 0 Å². The molecule has 0 radical (unpaired) electrons. The highest BCUT2D eigenvalue weighted by molar-refractivity contribution is 5.58. The Morgan fingerprint density at radius 3 is 2.80 bits per heavy atom. The summed E-state index contributed by atoms with van der Waals surface area (Å²) in [7, 11) is 0. The summed E-state index contributed by atoms with van der Waals surface area (Å²) in [5.74, 6) is 0.821. The summed E-state index contributed by atoms with van der Waals surface area (Å²) >= 11 is 0. The molecule has 0 amide bonds. The Kier molecular flexibility index (Phi) is 2.81. The van der Waals surface area contributed by atoms with Crippen molar-refractivity contribution in [1.82, 2.24) is 14.8 Å². The molecule has 0 bridgehead atoms. The predicted molar refractivity (Wildman–Crippen MR) is 60.5 cm³/mol. The lowest BCUT2D eigenvalue weighted by Crippen LogP contribution is -1.97. The van der Waals surface area contributed by atoms with Crippen LogP contribution in [-0.4, -0.2) is 14.8 Å². The summed E-state index contributed by atoms with van der Waals surface area (Å²) in [6.45, 7) is 5.14. The third-order valence-corrected chi connectivity index (χ3v) is 2.38. The fraction of sp³-hybridized carbons (Fsp3) is 0.333. The number of hydrogen-bond donors (Lipinski definition) is 0. The second-order valence-electron chi connectivity index (χ2n) is 3.65. The second kappa shape index (κ2) is 4.26. The topological polar surface area (TPSA) is 30.7 Å². The van der Waals surface area contributed by atoms with Gasteiger partial charge in [0.05, 0.1) is 0 Å². The summed E-state index contributed by atoms with van der Waals surface area (Å²) in [6, 6.07) is 8.18. The zero-order chi connectivity index (χ0) is 10.7. The molecule has 0 N–H and O–H groups in total. The lowest BCUT2D eigenvalue weighted by atomic mass is 10.1. The van der Waals surface area contributed by atoms with Crippen LogP contribution in [0.2, 0.25) is 0 Å². The molecule has 1 aromatic heterocycles. The van der Waals surface area contributed by atoms with Crippen LogP contribution in [0.4, 0.5) is 0 Å². The van der Waals surface area contributed by atoms with Crippen molar-refractivity contribution in [2.45, 2.75) is 26.8 Å². The molecule has 0 atom stereocenters. The van der Waals surface area contributed by atoms with Gasteiger partial charge in [0.1, 0.15) is 6.33 Å². The summed E-state index contributed by atoms with van der Waals surface area (Å²) in [6.07, 6.45) is 2.88. The largest absolute Gasteiger partial charge is 0.252 e. The zero-order valence-electron chi connectivity index (χ0n) is 9.14. The third-order valence-electron chi connectivity index (χ3n) is 2.38. The summed E-state index contributed by atoms with van der Waals surface area (Å²) in [5.41, 5.74) is 2.33. The van der Waals surface area contributed by atoms with Gasteiger partial charge >= 0.3 is 0 Å². The van der Waals surface area contributed by atoms with E-state index in [1.807, 2.05) is 16.8 Å². The Labute approximate surface area is 89.8 Å². The summed E-state index contributed by atoms with van der Waals surface area (Å²) in [5, 5.41) is 4.44. The van der Waals surface area contributed by atoms with Gasteiger partial charge < -0.3 is 0 Å². The molecule has 1 heterocycles. The molecule has 0 unspecified atom stereocenters. The number of rotatable bonds is 3. The van der Waals surface area contributed by atoms with Crippen molar-refractivity contribution >= 4 is 0 Å². The number of aromatic nitrogens is 3. The number of benzene rings is 1. The molecule has 0 aliphatic carbocycles. The first kappa shape index (κ1) is 9.90. The SMILES string of the molecule is CCCn1cnc(-c2ccccc2C)n1. The Morgan fingerprint density at radius 2 is 2.07 bits per heavy atom.